The standard InChI is InChI=1S/C32H58N4O18.C26H47N3O16.C26H47N3O15S/c1-21(2)53-32(52-20-38)17-23(39)26(28(54-32)27(42)24(40)19-37)36-25(41)18-34-29(43)22(35-31(45)51-16-14-49-12-10-47-4)7-5-6-8-33-30(44)50-15-13-48-11-9-46-3;1-16(2)44-26(43-15-31)11-18(32)21(23(45-26)22(35)19(33)13-30)29-20(34)12-27-24(36)17(14-41-8-6-39-4)28-25(37)42-10-9-40-7-5-38-3;1-16(2)43-26(42-15-31)11-18(32)21(23(44-26)22(35)19(33)13-30)29-20(34)12-27-24(36)17(14-45-10-9-39-4)28-25(37)41-8-7-40-6-5-38-3/h20-24,26-28,37,39-40,42H,5-19H2,1-4H3,(H,33,44)(H,34,43)(H,35,45)(H,36,41);2*15-19,21-23,30,32-33,35H,5-14H2,1-4H3,(H,27,36)(H,28,37)(H,29,34). The van der Waals surface area contributed by atoms with Crippen LogP contribution in [0.2, 0.25) is 0 Å². The highest BCUT2D eigenvalue weighted by molar-refractivity contribution is 7.99. The average molecular weight is 2120 g/mol. The Labute approximate surface area is 836 Å². The van der Waals surface area contributed by atoms with Crippen LogP contribution < -0.4 is 53.2 Å². The molecule has 21 atom stereocenters. The van der Waals surface area contributed by atoms with Gasteiger partial charge in [-0.1, -0.05) is 0 Å². The number of methoxy groups -OCH3 is 6. The van der Waals surface area contributed by atoms with Crippen molar-refractivity contribution in [3.8, 4) is 0 Å². The fourth-order valence-corrected chi connectivity index (χ4v) is 13.8. The molecular formula is C84H152N10O49S. The summed E-state index contributed by atoms with van der Waals surface area (Å²) in [5.74, 6) is -10.9. The number of aliphatic hydroxyl groups excluding tert-OH is 12. The summed E-state index contributed by atoms with van der Waals surface area (Å²) in [5, 5.41) is 147. The zero-order valence-electron chi connectivity index (χ0n) is 83.0. The Morgan fingerprint density at radius 2 is 0.653 bits per heavy atom. The first-order valence-corrected chi connectivity index (χ1v) is 47.0. The second-order valence-electron chi connectivity index (χ2n) is 32.0. The predicted molar refractivity (Wildman–Crippen MR) is 488 cm³/mol. The minimum absolute atomic E-state index is 0.000839. The van der Waals surface area contributed by atoms with E-state index in [4.69, 9.17) is 114 Å². The number of carbonyl (C=O) groups excluding carboxylic acids is 13. The highest BCUT2D eigenvalue weighted by atomic mass is 32.2. The highest BCUT2D eigenvalue weighted by Gasteiger charge is 2.57. The number of hydrogen-bond donors (Lipinski definition) is 22. The van der Waals surface area contributed by atoms with Gasteiger partial charge in [0.15, 0.2) is 0 Å². The molecule has 22 N–H and O–H groups in total. The molecule has 0 radical (unpaired) electrons. The van der Waals surface area contributed by atoms with Gasteiger partial charge in [-0.15, -0.1) is 0 Å². The van der Waals surface area contributed by atoms with E-state index in [1.54, 1.807) is 41.5 Å². The van der Waals surface area contributed by atoms with Gasteiger partial charge in [-0.05, 0) is 60.8 Å². The van der Waals surface area contributed by atoms with E-state index in [-0.39, 0.29) is 117 Å². The van der Waals surface area contributed by atoms with Gasteiger partial charge in [0.2, 0.25) is 35.4 Å². The van der Waals surface area contributed by atoms with Crippen molar-refractivity contribution >= 4 is 91.0 Å². The van der Waals surface area contributed by atoms with Crippen molar-refractivity contribution in [3.05, 3.63) is 0 Å². The number of alkyl carbamates (subject to hydrolysis) is 4. The third-order valence-electron chi connectivity index (χ3n) is 19.6. The molecule has 60 heteroatoms. The molecule has 21 unspecified atom stereocenters. The van der Waals surface area contributed by atoms with Crippen molar-refractivity contribution in [2.24, 2.45) is 0 Å². The average Bonchev–Trinajstić information content (AvgIpc) is 0.782. The van der Waals surface area contributed by atoms with Gasteiger partial charge in [-0.3, -0.25) is 43.2 Å². The van der Waals surface area contributed by atoms with E-state index >= 15 is 0 Å². The second-order valence-corrected chi connectivity index (χ2v) is 33.2. The van der Waals surface area contributed by atoms with Crippen LogP contribution in [0.5, 0.6) is 0 Å². The maximum Gasteiger partial charge on any atom is 0.407 e. The van der Waals surface area contributed by atoms with Gasteiger partial charge in [0.25, 0.3) is 19.4 Å². The molecule has 3 fully saturated rings. The Balaban J connectivity index is 0.00000109. The van der Waals surface area contributed by atoms with Crippen LogP contribution in [0.3, 0.4) is 0 Å². The lowest BCUT2D eigenvalue weighted by molar-refractivity contribution is -0.417. The quantitative estimate of drug-likeness (QED) is 0.0116. The molecule has 3 saturated heterocycles. The summed E-state index contributed by atoms with van der Waals surface area (Å²) in [6, 6.07) is -7.89. The van der Waals surface area contributed by atoms with E-state index in [0.29, 0.717) is 71.4 Å². The molecule has 0 aromatic heterocycles. The Kier molecular flexibility index (Phi) is 72.2. The monoisotopic (exact) mass is 2120 g/mol. The summed E-state index contributed by atoms with van der Waals surface area (Å²) in [7, 11) is 9.04. The molecule has 0 saturated carbocycles. The highest BCUT2D eigenvalue weighted by Crippen LogP contribution is 2.38. The maximum absolute atomic E-state index is 13.2. The zero-order chi connectivity index (χ0) is 108. The van der Waals surface area contributed by atoms with Gasteiger partial charge in [-0.2, -0.15) is 11.8 Å². The third-order valence-corrected chi connectivity index (χ3v) is 20.6. The molecule has 0 aliphatic carbocycles. The third kappa shape index (κ3) is 55.5. The van der Waals surface area contributed by atoms with Gasteiger partial charge in [0, 0.05) is 60.7 Å². The van der Waals surface area contributed by atoms with E-state index < -0.39 is 264 Å². The van der Waals surface area contributed by atoms with Gasteiger partial charge in [-0.25, -0.2) is 19.2 Å². The molecule has 10 amide bonds. The Morgan fingerprint density at radius 3 is 0.958 bits per heavy atom. The summed E-state index contributed by atoms with van der Waals surface area (Å²) in [6.45, 7) is 8.34. The molecule has 0 aromatic carbocycles. The van der Waals surface area contributed by atoms with Crippen LogP contribution in [0.1, 0.15) is 80.1 Å². The number of carbonyl (C=O) groups is 13. The minimum Gasteiger partial charge on any atom is -0.447 e. The second kappa shape index (κ2) is 77.8. The van der Waals surface area contributed by atoms with Crippen LogP contribution in [0.15, 0.2) is 0 Å². The van der Waals surface area contributed by atoms with E-state index in [1.165, 1.54) is 54.4 Å². The number of nitrogens with one attached hydrogen (secondary N) is 10. The molecule has 3 aliphatic heterocycles. The van der Waals surface area contributed by atoms with Gasteiger partial charge >= 0.3 is 42.3 Å². The molecule has 0 aromatic rings. The first kappa shape index (κ1) is 134. The summed E-state index contributed by atoms with van der Waals surface area (Å²) in [5.41, 5.74) is 0. The van der Waals surface area contributed by atoms with Gasteiger partial charge in [0.05, 0.1) is 219 Å². The van der Waals surface area contributed by atoms with Crippen molar-refractivity contribution in [1.82, 2.24) is 53.2 Å². The van der Waals surface area contributed by atoms with E-state index in [0.717, 1.165) is 0 Å². The SMILES string of the molecule is COCCOCCOC(=O)NC(COCCOC)C(=O)NCC(=O)NC1C(O)CC(OC=O)(OC(C)C)OC1C(O)C(O)CO.COCCOCCOC(=O)NC(CSCCOC)C(=O)NCC(=O)NC1C(O)CC(OC=O)(OC(C)C)OC1C(O)C(O)CO.COCCOCCOC(=O)NCCCCC(NC(=O)OCCOCCOC)C(=O)NCC(=O)NC1C(O)CC(OC=O)(OC(C)C)OC1C(O)C(O)CO. The van der Waals surface area contributed by atoms with Crippen LogP contribution in [0.4, 0.5) is 19.2 Å². The fourth-order valence-electron chi connectivity index (χ4n) is 12.9. The molecular weight excluding hydrogens is 1970 g/mol. The van der Waals surface area contributed by atoms with E-state index in [1.807, 2.05) is 0 Å². The van der Waals surface area contributed by atoms with Crippen molar-refractivity contribution in [2.75, 3.05) is 232 Å². The first-order chi connectivity index (χ1) is 68.7. The largest absolute Gasteiger partial charge is 0.447 e. The molecule has 3 aliphatic rings. The Bertz CT molecular complexity index is 3420. The maximum atomic E-state index is 13.2. The van der Waals surface area contributed by atoms with Gasteiger partial charge in [0.1, 0.15) is 99.5 Å². The molecule has 838 valence electrons. The topological polar surface area (TPSA) is 806 Å². The van der Waals surface area contributed by atoms with E-state index in [2.05, 4.69) is 53.2 Å². The number of aliphatic hydroxyl groups is 12. The van der Waals surface area contributed by atoms with Crippen LogP contribution in [0.25, 0.3) is 0 Å². The molecule has 0 bridgehead atoms. The fraction of sp³-hybridized carbons (Fsp3) is 0.845. The van der Waals surface area contributed by atoms with Crippen LogP contribution in [-0.2, 0) is 157 Å². The minimum atomic E-state index is -2.20. The lowest BCUT2D eigenvalue weighted by Gasteiger charge is -2.47. The van der Waals surface area contributed by atoms with Gasteiger partial charge < -0.3 is 228 Å². The molecule has 3 rings (SSSR count). The summed E-state index contributed by atoms with van der Waals surface area (Å²) in [4.78, 5) is 160. The zero-order valence-corrected chi connectivity index (χ0v) is 83.8. The predicted octanol–water partition coefficient (Wildman–Crippen LogP) is -10.0. The number of ether oxygens (including phenoxy) is 24. The lowest BCUT2D eigenvalue weighted by Crippen LogP contribution is -2.67. The van der Waals surface area contributed by atoms with Crippen molar-refractivity contribution in [1.29, 1.82) is 0 Å². The van der Waals surface area contributed by atoms with Crippen LogP contribution in [0, 0.1) is 0 Å². The van der Waals surface area contributed by atoms with Crippen molar-refractivity contribution < 1.29 is 237 Å². The Morgan fingerprint density at radius 1 is 0.368 bits per heavy atom. The molecule has 59 nitrogen and oxygen atoms in total. The molecule has 3 heterocycles. The van der Waals surface area contributed by atoms with E-state index in [9.17, 15) is 124 Å². The molecule has 144 heavy (non-hydrogen) atoms. The normalized spacial score (nSPS) is 22.6. The summed E-state index contributed by atoms with van der Waals surface area (Å²) < 4.78 is 124. The first-order valence-electron chi connectivity index (χ1n) is 45.9. The smallest absolute Gasteiger partial charge is 0.407 e. The summed E-state index contributed by atoms with van der Waals surface area (Å²) in [6.07, 6.45) is -26.7. The summed E-state index contributed by atoms with van der Waals surface area (Å²) >= 11 is 1.31. The lowest BCUT2D eigenvalue weighted by atomic mass is 9.91. The number of unbranched alkanes of at least 4 members (excludes halogenated alkanes) is 1. The van der Waals surface area contributed by atoms with Crippen molar-refractivity contribution in [3.63, 3.8) is 0 Å². The number of thioether (sulfide) groups is 1. The number of amides is 10. The Hall–Kier alpha value is -8.50. The number of rotatable bonds is 75. The van der Waals surface area contributed by atoms with Crippen molar-refractivity contribution in [2.45, 2.75) is 226 Å². The van der Waals surface area contributed by atoms with Crippen LogP contribution >= 0.6 is 11.8 Å². The van der Waals surface area contributed by atoms with Crippen LogP contribution in [-0.4, -0.2) is 519 Å². The molecule has 0 spiro atoms. The number of hydrogen-bond acceptors (Lipinski definition) is 50.